The number of carbonyl (C=O) groups is 1. The quantitative estimate of drug-likeness (QED) is 0.601. The minimum Gasteiger partial charge on any atom is -0.486 e. The second kappa shape index (κ2) is 8.68. The van der Waals surface area contributed by atoms with Crippen molar-refractivity contribution < 1.29 is 18.7 Å². The Morgan fingerprint density at radius 3 is 2.85 bits per heavy atom. The van der Waals surface area contributed by atoms with Crippen LogP contribution in [0.4, 0.5) is 5.69 Å². The maximum Gasteiger partial charge on any atom is 0.291 e. The van der Waals surface area contributed by atoms with Gasteiger partial charge in [0, 0.05) is 17.8 Å². The maximum absolute atomic E-state index is 12.2. The first-order chi connectivity index (χ1) is 12.6. The summed E-state index contributed by atoms with van der Waals surface area (Å²) in [6.45, 7) is 1.41. The number of methoxy groups -OCH3 is 1. The zero-order valence-corrected chi connectivity index (χ0v) is 15.7. The molecule has 0 aliphatic carbocycles. The number of ether oxygens (including phenoxy) is 2. The molecule has 0 radical (unpaired) electrons. The molecule has 1 N–H and O–H groups in total. The summed E-state index contributed by atoms with van der Waals surface area (Å²) in [5.41, 5.74) is 0.593. The zero-order chi connectivity index (χ0) is 18.4. The van der Waals surface area contributed by atoms with E-state index in [1.54, 1.807) is 36.3 Å². The monoisotopic (exact) mass is 419 g/mol. The van der Waals surface area contributed by atoms with E-state index >= 15 is 0 Å². The fourth-order valence-corrected chi connectivity index (χ4v) is 2.46. The average molecular weight is 420 g/mol. The summed E-state index contributed by atoms with van der Waals surface area (Å²) in [7, 11) is 1.63. The van der Waals surface area contributed by atoms with Crippen LogP contribution in [-0.4, -0.2) is 29.4 Å². The highest BCUT2D eigenvalue weighted by molar-refractivity contribution is 9.10. The zero-order valence-electron chi connectivity index (χ0n) is 14.1. The molecule has 0 fully saturated rings. The van der Waals surface area contributed by atoms with Gasteiger partial charge in [-0.2, -0.15) is 5.10 Å². The van der Waals surface area contributed by atoms with Gasteiger partial charge in [-0.3, -0.25) is 9.48 Å². The van der Waals surface area contributed by atoms with Gasteiger partial charge in [0.05, 0.1) is 25.0 Å². The summed E-state index contributed by atoms with van der Waals surface area (Å²) < 4.78 is 18.8. The third-order valence-electron chi connectivity index (χ3n) is 3.50. The lowest BCUT2D eigenvalue weighted by atomic mass is 10.3. The number of hydrogen-bond donors (Lipinski definition) is 1. The van der Waals surface area contributed by atoms with E-state index in [4.69, 9.17) is 13.9 Å². The Balaban J connectivity index is 1.54. The highest BCUT2D eigenvalue weighted by atomic mass is 79.9. The van der Waals surface area contributed by atoms with Crippen LogP contribution in [0, 0.1) is 0 Å². The molecule has 7 nitrogen and oxygen atoms in total. The van der Waals surface area contributed by atoms with Gasteiger partial charge in [-0.05, 0) is 36.4 Å². The van der Waals surface area contributed by atoms with Gasteiger partial charge in [-0.25, -0.2) is 0 Å². The van der Waals surface area contributed by atoms with Crippen molar-refractivity contribution in [1.82, 2.24) is 9.78 Å². The van der Waals surface area contributed by atoms with Crippen LogP contribution in [0.15, 0.2) is 57.7 Å². The maximum atomic E-state index is 12.2. The van der Waals surface area contributed by atoms with Gasteiger partial charge in [-0.15, -0.1) is 0 Å². The van der Waals surface area contributed by atoms with E-state index in [-0.39, 0.29) is 18.3 Å². The number of benzene rings is 1. The van der Waals surface area contributed by atoms with Crippen molar-refractivity contribution in [2.45, 2.75) is 13.2 Å². The standard InChI is InChI=1S/C18H18BrN3O4/c1-24-9-8-22-11-14(10-20-22)21-18(23)17-7-6-16(26-17)12-25-15-4-2-13(19)3-5-15/h2-7,10-11H,8-9,12H2,1H3,(H,21,23). The van der Waals surface area contributed by atoms with Crippen LogP contribution in [0.3, 0.4) is 0 Å². The summed E-state index contributed by atoms with van der Waals surface area (Å²) in [5.74, 6) is 1.16. The normalized spacial score (nSPS) is 10.7. The molecule has 0 bridgehead atoms. The first kappa shape index (κ1) is 18.2. The molecule has 1 aromatic carbocycles. The second-order valence-corrected chi connectivity index (χ2v) is 6.36. The van der Waals surface area contributed by atoms with Crippen LogP contribution in [0.25, 0.3) is 0 Å². The van der Waals surface area contributed by atoms with E-state index < -0.39 is 0 Å². The third kappa shape index (κ3) is 4.96. The Morgan fingerprint density at radius 2 is 2.08 bits per heavy atom. The highest BCUT2D eigenvalue weighted by Crippen LogP contribution is 2.18. The molecule has 0 unspecified atom stereocenters. The predicted octanol–water partition coefficient (Wildman–Crippen LogP) is 3.72. The predicted molar refractivity (Wildman–Crippen MR) is 99.2 cm³/mol. The number of amides is 1. The van der Waals surface area contributed by atoms with Gasteiger partial charge in [0.1, 0.15) is 18.1 Å². The fraction of sp³-hybridized carbons (Fsp3) is 0.222. The minimum atomic E-state index is -0.341. The molecule has 0 aliphatic heterocycles. The molecule has 26 heavy (non-hydrogen) atoms. The Bertz CT molecular complexity index is 857. The Hall–Kier alpha value is -2.58. The van der Waals surface area contributed by atoms with Gasteiger partial charge < -0.3 is 19.2 Å². The molecule has 0 atom stereocenters. The van der Waals surface area contributed by atoms with Crippen molar-refractivity contribution in [1.29, 1.82) is 0 Å². The topological polar surface area (TPSA) is 78.5 Å². The number of hydrogen-bond acceptors (Lipinski definition) is 5. The molecule has 2 heterocycles. The van der Waals surface area contributed by atoms with Crippen molar-refractivity contribution in [3.8, 4) is 5.75 Å². The molecule has 0 saturated carbocycles. The summed E-state index contributed by atoms with van der Waals surface area (Å²) in [5, 5.41) is 6.89. The van der Waals surface area contributed by atoms with E-state index in [0.717, 1.165) is 10.2 Å². The van der Waals surface area contributed by atoms with E-state index in [9.17, 15) is 4.79 Å². The average Bonchev–Trinajstić information content (AvgIpc) is 3.29. The Morgan fingerprint density at radius 1 is 1.27 bits per heavy atom. The first-order valence-corrected chi connectivity index (χ1v) is 8.73. The number of anilines is 1. The van der Waals surface area contributed by atoms with Crippen LogP contribution < -0.4 is 10.1 Å². The molecule has 0 aliphatic rings. The Kier molecular flexibility index (Phi) is 6.08. The highest BCUT2D eigenvalue weighted by Gasteiger charge is 2.13. The number of rotatable bonds is 8. The van der Waals surface area contributed by atoms with Crippen LogP contribution >= 0.6 is 15.9 Å². The third-order valence-corrected chi connectivity index (χ3v) is 4.02. The van der Waals surface area contributed by atoms with Gasteiger partial charge in [-0.1, -0.05) is 15.9 Å². The summed E-state index contributed by atoms with van der Waals surface area (Å²) in [6, 6.07) is 10.8. The van der Waals surface area contributed by atoms with Crippen LogP contribution in [0.2, 0.25) is 0 Å². The molecule has 3 rings (SSSR count). The summed E-state index contributed by atoms with van der Waals surface area (Å²) >= 11 is 3.37. The van der Waals surface area contributed by atoms with Gasteiger partial charge >= 0.3 is 0 Å². The van der Waals surface area contributed by atoms with Crippen LogP contribution in [-0.2, 0) is 17.9 Å². The van der Waals surface area contributed by atoms with Gasteiger partial charge in [0.15, 0.2) is 5.76 Å². The number of nitrogens with one attached hydrogen (secondary N) is 1. The van der Waals surface area contributed by atoms with E-state index in [2.05, 4.69) is 26.3 Å². The summed E-state index contributed by atoms with van der Waals surface area (Å²) in [6.07, 6.45) is 3.31. The number of carbonyl (C=O) groups excluding carboxylic acids is 1. The SMILES string of the molecule is COCCn1cc(NC(=O)c2ccc(COc3ccc(Br)cc3)o2)cn1. The molecule has 2 aromatic heterocycles. The Labute approximate surface area is 159 Å². The number of aromatic nitrogens is 2. The lowest BCUT2D eigenvalue weighted by molar-refractivity contribution is 0.0992. The largest absolute Gasteiger partial charge is 0.486 e. The van der Waals surface area contributed by atoms with E-state index in [1.807, 2.05) is 24.3 Å². The fourth-order valence-electron chi connectivity index (χ4n) is 2.19. The smallest absolute Gasteiger partial charge is 0.291 e. The molecule has 3 aromatic rings. The van der Waals surface area contributed by atoms with Crippen molar-refractivity contribution in [2.24, 2.45) is 0 Å². The molecule has 136 valence electrons. The molecule has 0 saturated heterocycles. The minimum absolute atomic E-state index is 0.212. The lowest BCUT2D eigenvalue weighted by Crippen LogP contribution is -2.10. The van der Waals surface area contributed by atoms with E-state index in [0.29, 0.717) is 24.6 Å². The van der Waals surface area contributed by atoms with Crippen molar-refractivity contribution in [3.05, 3.63) is 64.8 Å². The van der Waals surface area contributed by atoms with Crippen molar-refractivity contribution in [3.63, 3.8) is 0 Å². The van der Waals surface area contributed by atoms with Crippen molar-refractivity contribution >= 4 is 27.5 Å². The number of nitrogens with zero attached hydrogens (tertiary/aromatic N) is 2. The first-order valence-electron chi connectivity index (χ1n) is 7.94. The summed E-state index contributed by atoms with van der Waals surface area (Å²) in [4.78, 5) is 12.2. The van der Waals surface area contributed by atoms with Crippen molar-refractivity contribution in [2.75, 3.05) is 19.0 Å². The molecule has 8 heteroatoms. The molecule has 0 spiro atoms. The number of furan rings is 1. The number of halogens is 1. The lowest BCUT2D eigenvalue weighted by Gasteiger charge is -2.04. The van der Waals surface area contributed by atoms with Crippen LogP contribution in [0.1, 0.15) is 16.3 Å². The van der Waals surface area contributed by atoms with Gasteiger partial charge in [0.2, 0.25) is 0 Å². The molecule has 1 amide bonds. The molecular weight excluding hydrogens is 402 g/mol. The van der Waals surface area contributed by atoms with Crippen LogP contribution in [0.5, 0.6) is 5.75 Å². The van der Waals surface area contributed by atoms with Gasteiger partial charge in [0.25, 0.3) is 5.91 Å². The molecular formula is C18H18BrN3O4. The van der Waals surface area contributed by atoms with E-state index in [1.165, 1.54) is 0 Å². The second-order valence-electron chi connectivity index (χ2n) is 5.45.